The van der Waals surface area contributed by atoms with Gasteiger partial charge in [0.15, 0.2) is 0 Å². The third-order valence-corrected chi connectivity index (χ3v) is 4.56. The molecule has 1 heterocycles. The van der Waals surface area contributed by atoms with Crippen LogP contribution in [-0.4, -0.2) is 49.1 Å². The molecule has 0 bridgehead atoms. The van der Waals surface area contributed by atoms with E-state index in [1.165, 1.54) is 19.3 Å². The van der Waals surface area contributed by atoms with Gasteiger partial charge in [-0.15, -0.1) is 0 Å². The summed E-state index contributed by atoms with van der Waals surface area (Å²) >= 11 is 0. The van der Waals surface area contributed by atoms with E-state index >= 15 is 0 Å². The Bertz CT molecular complexity index is 324. The van der Waals surface area contributed by atoms with Crippen LogP contribution in [0.3, 0.4) is 0 Å². The maximum atomic E-state index is 12.0. The molecule has 0 aromatic heterocycles. The molecular weight excluding hydrogens is 264 g/mol. The van der Waals surface area contributed by atoms with Gasteiger partial charge in [-0.2, -0.15) is 0 Å². The Balaban J connectivity index is 1.73. The van der Waals surface area contributed by atoms with Crippen LogP contribution in [-0.2, 0) is 0 Å². The third-order valence-electron chi connectivity index (χ3n) is 4.56. The highest BCUT2D eigenvalue weighted by atomic mass is 19.3. The number of carbonyl (C=O) groups is 1. The van der Waals surface area contributed by atoms with E-state index in [-0.39, 0.29) is 6.04 Å². The number of piperidine rings is 1. The first-order valence-electron chi connectivity index (χ1n) is 7.63. The van der Waals surface area contributed by atoms with Crippen molar-refractivity contribution < 1.29 is 13.6 Å². The van der Waals surface area contributed by atoms with Gasteiger partial charge in [0.2, 0.25) is 0 Å². The van der Waals surface area contributed by atoms with E-state index in [2.05, 4.69) is 15.5 Å². The summed E-state index contributed by atoms with van der Waals surface area (Å²) in [6.45, 7) is 3.56. The van der Waals surface area contributed by atoms with Crippen molar-refractivity contribution in [3.05, 3.63) is 0 Å². The zero-order valence-corrected chi connectivity index (χ0v) is 12.1. The van der Waals surface area contributed by atoms with Crippen molar-refractivity contribution in [2.24, 2.45) is 5.92 Å². The van der Waals surface area contributed by atoms with E-state index in [1.54, 1.807) is 0 Å². The first-order valence-corrected chi connectivity index (χ1v) is 7.63. The molecule has 0 unspecified atom stereocenters. The minimum Gasteiger partial charge on any atom is -0.335 e. The normalized spacial score (nSPS) is 26.1. The summed E-state index contributed by atoms with van der Waals surface area (Å²) in [5.41, 5.74) is 0. The van der Waals surface area contributed by atoms with Gasteiger partial charge in [0.25, 0.3) is 6.43 Å². The molecule has 2 atom stereocenters. The summed E-state index contributed by atoms with van der Waals surface area (Å²) < 4.78 is 24.0. The number of urea groups is 1. The number of rotatable bonds is 5. The molecule has 20 heavy (non-hydrogen) atoms. The molecule has 2 N–H and O–H groups in total. The Morgan fingerprint density at radius 1 is 1.30 bits per heavy atom. The molecule has 2 rings (SSSR count). The smallest absolute Gasteiger partial charge is 0.315 e. The van der Waals surface area contributed by atoms with Gasteiger partial charge in [0.05, 0.1) is 6.54 Å². The average molecular weight is 289 g/mol. The lowest BCUT2D eigenvalue weighted by Gasteiger charge is -2.43. The number of carbonyl (C=O) groups excluding carboxylic acids is 1. The molecule has 0 aromatic rings. The molecule has 1 aliphatic heterocycles. The number of nitrogens with one attached hydrogen (secondary N) is 2. The van der Waals surface area contributed by atoms with E-state index in [0.717, 1.165) is 32.0 Å². The van der Waals surface area contributed by atoms with Crippen LogP contribution in [0, 0.1) is 5.92 Å². The van der Waals surface area contributed by atoms with Crippen molar-refractivity contribution in [1.29, 1.82) is 0 Å². The second kappa shape index (κ2) is 7.20. The minimum atomic E-state index is -2.50. The molecule has 1 saturated heterocycles. The van der Waals surface area contributed by atoms with Crippen molar-refractivity contribution >= 4 is 6.03 Å². The number of amides is 2. The van der Waals surface area contributed by atoms with Crippen LogP contribution in [0.25, 0.3) is 0 Å². The first kappa shape index (κ1) is 15.5. The van der Waals surface area contributed by atoms with E-state index in [1.807, 2.05) is 6.92 Å². The Kier molecular flexibility index (Phi) is 5.57. The molecule has 4 nitrogen and oxygen atoms in total. The van der Waals surface area contributed by atoms with Gasteiger partial charge in [0, 0.05) is 18.6 Å². The number of likely N-dealkylation sites (tertiary alicyclic amines) is 1. The molecular formula is C14H25F2N3O. The Hall–Kier alpha value is -0.910. The van der Waals surface area contributed by atoms with Gasteiger partial charge in [-0.25, -0.2) is 13.6 Å². The van der Waals surface area contributed by atoms with Gasteiger partial charge in [0.1, 0.15) is 0 Å². The monoisotopic (exact) mass is 289 g/mol. The topological polar surface area (TPSA) is 44.4 Å². The molecule has 1 saturated carbocycles. The van der Waals surface area contributed by atoms with Crippen LogP contribution >= 0.6 is 0 Å². The molecule has 116 valence electrons. The largest absolute Gasteiger partial charge is 0.335 e. The van der Waals surface area contributed by atoms with Crippen molar-refractivity contribution in [2.45, 2.75) is 57.5 Å². The fraction of sp³-hybridized carbons (Fsp3) is 0.929. The molecule has 1 aliphatic carbocycles. The third kappa shape index (κ3) is 4.30. The predicted molar refractivity (Wildman–Crippen MR) is 73.9 cm³/mol. The van der Waals surface area contributed by atoms with E-state index in [0.29, 0.717) is 5.92 Å². The van der Waals surface area contributed by atoms with Gasteiger partial charge in [-0.1, -0.05) is 6.42 Å². The van der Waals surface area contributed by atoms with Crippen LogP contribution in [0.4, 0.5) is 13.6 Å². The highest BCUT2D eigenvalue weighted by Crippen LogP contribution is 2.30. The second-order valence-corrected chi connectivity index (χ2v) is 6.02. The number of hydrogen-bond donors (Lipinski definition) is 2. The fourth-order valence-electron chi connectivity index (χ4n) is 3.08. The lowest BCUT2D eigenvalue weighted by Crippen LogP contribution is -2.52. The number of halogens is 2. The molecule has 0 radical (unpaired) electrons. The summed E-state index contributed by atoms with van der Waals surface area (Å²) in [4.78, 5) is 14.0. The van der Waals surface area contributed by atoms with Gasteiger partial charge in [-0.05, 0) is 45.1 Å². The van der Waals surface area contributed by atoms with Crippen LogP contribution < -0.4 is 10.6 Å². The van der Waals surface area contributed by atoms with Crippen LogP contribution in [0.15, 0.2) is 0 Å². The number of alkyl halides is 2. The van der Waals surface area contributed by atoms with Crippen LogP contribution in [0.1, 0.15) is 39.0 Å². The lowest BCUT2D eigenvalue weighted by atomic mass is 9.86. The quantitative estimate of drug-likeness (QED) is 0.815. The number of nitrogens with zero attached hydrogens (tertiary/aromatic N) is 1. The maximum Gasteiger partial charge on any atom is 0.315 e. The van der Waals surface area contributed by atoms with E-state index in [4.69, 9.17) is 0 Å². The summed E-state index contributed by atoms with van der Waals surface area (Å²) in [6.07, 6.45) is 3.67. The van der Waals surface area contributed by atoms with Gasteiger partial charge >= 0.3 is 6.03 Å². The minimum absolute atomic E-state index is 0.0237. The lowest BCUT2D eigenvalue weighted by molar-refractivity contribution is 0.0677. The van der Waals surface area contributed by atoms with Crippen molar-refractivity contribution in [3.63, 3.8) is 0 Å². The SMILES string of the molecule is C[C@@H](NC(=O)NCC(F)F)[C@@H]1CCCN(C2CCC2)C1. The van der Waals surface area contributed by atoms with Crippen LogP contribution in [0.5, 0.6) is 0 Å². The molecule has 2 amide bonds. The molecule has 2 aliphatic rings. The average Bonchev–Trinajstić information content (AvgIpc) is 2.34. The molecule has 6 heteroatoms. The predicted octanol–water partition coefficient (Wildman–Crippen LogP) is 2.20. The Morgan fingerprint density at radius 3 is 2.65 bits per heavy atom. The van der Waals surface area contributed by atoms with E-state index < -0.39 is 19.0 Å². The van der Waals surface area contributed by atoms with Crippen LogP contribution in [0.2, 0.25) is 0 Å². The second-order valence-electron chi connectivity index (χ2n) is 6.02. The number of hydrogen-bond acceptors (Lipinski definition) is 2. The van der Waals surface area contributed by atoms with Crippen molar-refractivity contribution in [3.8, 4) is 0 Å². The zero-order valence-electron chi connectivity index (χ0n) is 12.1. The zero-order chi connectivity index (χ0) is 14.5. The Labute approximate surface area is 119 Å². The van der Waals surface area contributed by atoms with E-state index in [9.17, 15) is 13.6 Å². The molecule has 2 fully saturated rings. The summed E-state index contributed by atoms with van der Waals surface area (Å²) in [6, 6.07) is 0.270. The van der Waals surface area contributed by atoms with Crippen molar-refractivity contribution in [2.75, 3.05) is 19.6 Å². The highest BCUT2D eigenvalue weighted by molar-refractivity contribution is 5.74. The highest BCUT2D eigenvalue weighted by Gasteiger charge is 2.31. The van der Waals surface area contributed by atoms with Gasteiger partial charge < -0.3 is 15.5 Å². The van der Waals surface area contributed by atoms with Gasteiger partial charge in [-0.3, -0.25) is 0 Å². The summed E-state index contributed by atoms with van der Waals surface area (Å²) in [7, 11) is 0. The summed E-state index contributed by atoms with van der Waals surface area (Å²) in [5, 5.41) is 4.99. The molecule has 0 spiro atoms. The fourth-order valence-corrected chi connectivity index (χ4v) is 3.08. The standard InChI is InChI=1S/C14H25F2N3O/c1-10(18-14(20)17-8-13(15)16)11-4-3-7-19(9-11)12-5-2-6-12/h10-13H,2-9H2,1H3,(H2,17,18,20)/t10-,11-/m1/s1. The first-order chi connectivity index (χ1) is 9.56. The Morgan fingerprint density at radius 2 is 2.05 bits per heavy atom. The molecule has 0 aromatic carbocycles. The van der Waals surface area contributed by atoms with Crippen molar-refractivity contribution in [1.82, 2.24) is 15.5 Å². The maximum absolute atomic E-state index is 12.0. The summed E-state index contributed by atoms with van der Waals surface area (Å²) in [5.74, 6) is 0.418.